The summed E-state index contributed by atoms with van der Waals surface area (Å²) < 4.78 is 0. The van der Waals surface area contributed by atoms with Crippen LogP contribution in [0, 0.1) is 0 Å². The maximum absolute atomic E-state index is 9.46. The summed E-state index contributed by atoms with van der Waals surface area (Å²) in [7, 11) is 0. The Labute approximate surface area is 91.5 Å². The first kappa shape index (κ1) is 10.5. The van der Waals surface area contributed by atoms with Gasteiger partial charge in [0.05, 0.1) is 6.10 Å². The van der Waals surface area contributed by atoms with E-state index in [1.54, 1.807) is 0 Å². The number of aliphatic hydroxyl groups is 1. The average Bonchev–Trinajstić information content (AvgIpc) is 2.65. The summed E-state index contributed by atoms with van der Waals surface area (Å²) in [6.45, 7) is 6.16. The molecule has 0 radical (unpaired) electrons. The van der Waals surface area contributed by atoms with Gasteiger partial charge in [0.25, 0.3) is 0 Å². The lowest BCUT2D eigenvalue weighted by Crippen LogP contribution is -2.20. The van der Waals surface area contributed by atoms with E-state index >= 15 is 0 Å². The first-order valence-corrected chi connectivity index (χ1v) is 5.70. The van der Waals surface area contributed by atoms with Crippen LogP contribution >= 0.6 is 0 Å². The quantitative estimate of drug-likeness (QED) is 0.801. The van der Waals surface area contributed by atoms with Gasteiger partial charge < -0.3 is 10.0 Å². The second-order valence-electron chi connectivity index (χ2n) is 4.63. The molecule has 2 heteroatoms. The van der Waals surface area contributed by atoms with E-state index < -0.39 is 0 Å². The van der Waals surface area contributed by atoms with Gasteiger partial charge in [-0.1, -0.05) is 26.0 Å². The molecule has 0 saturated carbocycles. The molecule has 82 valence electrons. The van der Waals surface area contributed by atoms with Crippen LogP contribution in [-0.2, 0) is 0 Å². The van der Waals surface area contributed by atoms with E-state index in [4.69, 9.17) is 0 Å². The van der Waals surface area contributed by atoms with E-state index in [1.807, 2.05) is 0 Å². The second kappa shape index (κ2) is 4.23. The molecule has 1 atom stereocenters. The average molecular weight is 205 g/mol. The largest absolute Gasteiger partial charge is 0.391 e. The third-order valence-electron chi connectivity index (χ3n) is 3.09. The summed E-state index contributed by atoms with van der Waals surface area (Å²) in [4.78, 5) is 2.24. The van der Waals surface area contributed by atoms with Crippen molar-refractivity contribution in [1.82, 2.24) is 0 Å². The smallest absolute Gasteiger partial charge is 0.0731 e. The molecule has 0 unspecified atom stereocenters. The molecule has 1 aromatic rings. The highest BCUT2D eigenvalue weighted by molar-refractivity contribution is 5.49. The molecule has 1 N–H and O–H groups in total. The summed E-state index contributed by atoms with van der Waals surface area (Å²) in [5, 5.41) is 9.46. The third kappa shape index (κ3) is 2.32. The Kier molecular flexibility index (Phi) is 2.96. The maximum Gasteiger partial charge on any atom is 0.0731 e. The number of aliphatic hydroxyl groups excluding tert-OH is 1. The van der Waals surface area contributed by atoms with Crippen LogP contribution in [0.15, 0.2) is 24.3 Å². The highest BCUT2D eigenvalue weighted by Gasteiger charge is 2.20. The van der Waals surface area contributed by atoms with Gasteiger partial charge in [0.15, 0.2) is 0 Å². The van der Waals surface area contributed by atoms with Crippen molar-refractivity contribution in [3.63, 3.8) is 0 Å². The van der Waals surface area contributed by atoms with Crippen LogP contribution in [0.2, 0.25) is 0 Å². The Hall–Kier alpha value is -1.02. The molecule has 1 aromatic carbocycles. The zero-order valence-electron chi connectivity index (χ0n) is 9.48. The zero-order valence-corrected chi connectivity index (χ0v) is 9.48. The Morgan fingerprint density at radius 2 is 1.93 bits per heavy atom. The van der Waals surface area contributed by atoms with E-state index in [1.165, 1.54) is 11.3 Å². The second-order valence-corrected chi connectivity index (χ2v) is 4.63. The molecular formula is C13H19NO. The number of benzene rings is 1. The third-order valence-corrected chi connectivity index (χ3v) is 3.09. The summed E-state index contributed by atoms with van der Waals surface area (Å²) in [6.07, 6.45) is 0.751. The summed E-state index contributed by atoms with van der Waals surface area (Å²) in [5.41, 5.74) is 2.61. The predicted molar refractivity (Wildman–Crippen MR) is 63.4 cm³/mol. The molecule has 0 aromatic heterocycles. The van der Waals surface area contributed by atoms with Crippen molar-refractivity contribution in [1.29, 1.82) is 0 Å². The molecule has 1 aliphatic heterocycles. The standard InChI is InChI=1S/C13H19NO/c1-10(2)11-3-5-12(6-4-11)14-8-7-13(15)9-14/h3-6,10,13,15H,7-9H2,1-2H3/t13-/m1/s1. The van der Waals surface area contributed by atoms with Crippen LogP contribution < -0.4 is 4.90 Å². The molecule has 1 saturated heterocycles. The van der Waals surface area contributed by atoms with E-state index in [2.05, 4.69) is 43.0 Å². The van der Waals surface area contributed by atoms with Crippen LogP contribution in [-0.4, -0.2) is 24.3 Å². The number of rotatable bonds is 2. The molecule has 0 amide bonds. The molecule has 15 heavy (non-hydrogen) atoms. The monoisotopic (exact) mass is 205 g/mol. The Morgan fingerprint density at radius 1 is 1.27 bits per heavy atom. The molecule has 2 nitrogen and oxygen atoms in total. The predicted octanol–water partition coefficient (Wildman–Crippen LogP) is 2.38. The minimum Gasteiger partial charge on any atom is -0.391 e. The fourth-order valence-corrected chi connectivity index (χ4v) is 2.05. The van der Waals surface area contributed by atoms with Crippen LogP contribution in [0.4, 0.5) is 5.69 Å². The minimum atomic E-state index is -0.144. The first-order chi connectivity index (χ1) is 7.16. The van der Waals surface area contributed by atoms with Crippen LogP contribution in [0.5, 0.6) is 0 Å². The molecule has 0 spiro atoms. The molecule has 1 heterocycles. The molecule has 1 fully saturated rings. The Bertz CT molecular complexity index is 318. The minimum absolute atomic E-state index is 0.144. The zero-order chi connectivity index (χ0) is 10.8. The van der Waals surface area contributed by atoms with Crippen molar-refractivity contribution in [3.05, 3.63) is 29.8 Å². The molecular weight excluding hydrogens is 186 g/mol. The van der Waals surface area contributed by atoms with E-state index in [9.17, 15) is 5.11 Å². The summed E-state index contributed by atoms with van der Waals surface area (Å²) in [6, 6.07) is 8.69. The number of hydrogen-bond acceptors (Lipinski definition) is 2. The number of β-amino-alcohol motifs (C(OH)–C–C–N with tert-alkyl or cyclic N) is 1. The lowest BCUT2D eigenvalue weighted by Gasteiger charge is -2.18. The van der Waals surface area contributed by atoms with Crippen molar-refractivity contribution in [2.45, 2.75) is 32.3 Å². The van der Waals surface area contributed by atoms with E-state index in [-0.39, 0.29) is 6.10 Å². The van der Waals surface area contributed by atoms with Crippen molar-refractivity contribution >= 4 is 5.69 Å². The fourth-order valence-electron chi connectivity index (χ4n) is 2.05. The highest BCUT2D eigenvalue weighted by Crippen LogP contribution is 2.23. The summed E-state index contributed by atoms with van der Waals surface area (Å²) >= 11 is 0. The van der Waals surface area contributed by atoms with Crippen LogP contribution in [0.1, 0.15) is 31.7 Å². The van der Waals surface area contributed by atoms with Gasteiger partial charge in [-0.3, -0.25) is 0 Å². The topological polar surface area (TPSA) is 23.5 Å². The van der Waals surface area contributed by atoms with E-state index in [0.717, 1.165) is 19.5 Å². The van der Waals surface area contributed by atoms with Crippen molar-refractivity contribution < 1.29 is 5.11 Å². The molecule has 0 aliphatic carbocycles. The van der Waals surface area contributed by atoms with Crippen LogP contribution in [0.25, 0.3) is 0 Å². The molecule has 1 aliphatic rings. The van der Waals surface area contributed by atoms with Gasteiger partial charge in [-0.05, 0) is 30.0 Å². The first-order valence-electron chi connectivity index (χ1n) is 5.70. The van der Waals surface area contributed by atoms with Crippen molar-refractivity contribution in [2.24, 2.45) is 0 Å². The van der Waals surface area contributed by atoms with Gasteiger partial charge in [-0.15, -0.1) is 0 Å². The van der Waals surface area contributed by atoms with Gasteiger partial charge in [-0.25, -0.2) is 0 Å². The van der Waals surface area contributed by atoms with Gasteiger partial charge in [0.2, 0.25) is 0 Å². The number of hydrogen-bond donors (Lipinski definition) is 1. The van der Waals surface area contributed by atoms with Gasteiger partial charge >= 0.3 is 0 Å². The van der Waals surface area contributed by atoms with Crippen molar-refractivity contribution in [3.8, 4) is 0 Å². The summed E-state index contributed by atoms with van der Waals surface area (Å²) in [5.74, 6) is 0.586. The Morgan fingerprint density at radius 3 is 2.40 bits per heavy atom. The lowest BCUT2D eigenvalue weighted by atomic mass is 10.0. The molecule has 2 rings (SSSR count). The Balaban J connectivity index is 2.10. The molecule has 0 bridgehead atoms. The van der Waals surface area contributed by atoms with Crippen molar-refractivity contribution in [2.75, 3.05) is 18.0 Å². The number of anilines is 1. The van der Waals surface area contributed by atoms with Gasteiger partial charge in [-0.2, -0.15) is 0 Å². The maximum atomic E-state index is 9.46. The SMILES string of the molecule is CC(C)c1ccc(N2CC[C@@H](O)C2)cc1. The van der Waals surface area contributed by atoms with Gasteiger partial charge in [0, 0.05) is 18.8 Å². The highest BCUT2D eigenvalue weighted by atomic mass is 16.3. The normalized spacial score (nSPS) is 21.3. The fraction of sp³-hybridized carbons (Fsp3) is 0.538. The number of nitrogens with zero attached hydrogens (tertiary/aromatic N) is 1. The lowest BCUT2D eigenvalue weighted by molar-refractivity contribution is 0.198. The van der Waals surface area contributed by atoms with Gasteiger partial charge in [0.1, 0.15) is 0 Å². The van der Waals surface area contributed by atoms with Crippen LogP contribution in [0.3, 0.4) is 0 Å². The van der Waals surface area contributed by atoms with E-state index in [0.29, 0.717) is 5.92 Å².